The number of para-hydroxylation sites is 1. The molecule has 0 bridgehead atoms. The Hall–Kier alpha value is -3.42. The molecule has 1 saturated heterocycles. The van der Waals surface area contributed by atoms with Crippen LogP contribution in [0.25, 0.3) is 11.4 Å². The second-order valence-corrected chi connectivity index (χ2v) is 6.58. The summed E-state index contributed by atoms with van der Waals surface area (Å²) in [6.45, 7) is 3.19. The summed E-state index contributed by atoms with van der Waals surface area (Å²) < 4.78 is 13.0. The lowest BCUT2D eigenvalue weighted by molar-refractivity contribution is 0.193. The van der Waals surface area contributed by atoms with Gasteiger partial charge in [-0.15, -0.1) is 0 Å². The van der Waals surface area contributed by atoms with E-state index in [0.29, 0.717) is 30.3 Å². The van der Waals surface area contributed by atoms with Crippen molar-refractivity contribution in [2.75, 3.05) is 31.1 Å². The van der Waals surface area contributed by atoms with E-state index in [2.05, 4.69) is 37.5 Å². The largest absolute Gasteiger partial charge is 0.368 e. The minimum Gasteiger partial charge on any atom is -0.368 e. The summed E-state index contributed by atoms with van der Waals surface area (Å²) in [5.74, 6) is 0.718. The van der Waals surface area contributed by atoms with Gasteiger partial charge in [-0.05, 0) is 36.4 Å². The third kappa shape index (κ3) is 4.11. The highest BCUT2D eigenvalue weighted by molar-refractivity contribution is 5.74. The van der Waals surface area contributed by atoms with Gasteiger partial charge in [-0.1, -0.05) is 18.2 Å². The second-order valence-electron chi connectivity index (χ2n) is 6.58. The summed E-state index contributed by atoms with van der Waals surface area (Å²) in [4.78, 5) is 20.8. The molecule has 0 atom stereocenters. The van der Waals surface area contributed by atoms with Crippen molar-refractivity contribution in [1.82, 2.24) is 25.4 Å². The number of amides is 2. The molecule has 8 heteroatoms. The van der Waals surface area contributed by atoms with Crippen molar-refractivity contribution in [3.8, 4) is 11.4 Å². The third-order valence-electron chi connectivity index (χ3n) is 4.73. The van der Waals surface area contributed by atoms with Crippen LogP contribution in [0.1, 0.15) is 5.82 Å². The Morgan fingerprint density at radius 2 is 1.75 bits per heavy atom. The van der Waals surface area contributed by atoms with Crippen molar-refractivity contribution in [3.63, 3.8) is 0 Å². The molecule has 2 amide bonds. The van der Waals surface area contributed by atoms with Crippen molar-refractivity contribution in [2.24, 2.45) is 0 Å². The molecule has 2 N–H and O–H groups in total. The van der Waals surface area contributed by atoms with E-state index in [0.717, 1.165) is 13.1 Å². The number of nitrogens with one attached hydrogen (secondary N) is 2. The van der Waals surface area contributed by atoms with Gasteiger partial charge in [0, 0.05) is 37.4 Å². The highest BCUT2D eigenvalue weighted by Gasteiger charge is 2.21. The Balaban J connectivity index is 1.28. The van der Waals surface area contributed by atoms with Gasteiger partial charge in [0.2, 0.25) is 0 Å². The zero-order valence-corrected chi connectivity index (χ0v) is 15.3. The molecular formula is C20H21FN6O. The maximum absolute atomic E-state index is 13.0. The van der Waals surface area contributed by atoms with Gasteiger partial charge >= 0.3 is 6.03 Å². The molecule has 1 aliphatic heterocycles. The first-order valence-corrected chi connectivity index (χ1v) is 9.19. The van der Waals surface area contributed by atoms with Gasteiger partial charge in [0.25, 0.3) is 0 Å². The van der Waals surface area contributed by atoms with Crippen LogP contribution < -0.4 is 10.2 Å². The number of anilines is 1. The van der Waals surface area contributed by atoms with Crippen molar-refractivity contribution in [2.45, 2.75) is 6.54 Å². The molecule has 2 heterocycles. The predicted molar refractivity (Wildman–Crippen MR) is 104 cm³/mol. The van der Waals surface area contributed by atoms with Crippen LogP contribution in [0.15, 0.2) is 54.6 Å². The Bertz CT molecular complexity index is 919. The van der Waals surface area contributed by atoms with Crippen molar-refractivity contribution >= 4 is 11.7 Å². The number of benzene rings is 2. The quantitative estimate of drug-likeness (QED) is 0.730. The normalized spacial score (nSPS) is 14.2. The maximum Gasteiger partial charge on any atom is 0.317 e. The number of aromatic nitrogens is 3. The molecule has 0 spiro atoms. The van der Waals surface area contributed by atoms with E-state index in [1.807, 2.05) is 18.2 Å². The molecule has 0 unspecified atom stereocenters. The van der Waals surface area contributed by atoms with Crippen LogP contribution in [-0.2, 0) is 6.54 Å². The predicted octanol–water partition coefficient (Wildman–Crippen LogP) is 2.64. The molecule has 3 aromatic rings. The summed E-state index contributed by atoms with van der Waals surface area (Å²) in [7, 11) is 0. The fourth-order valence-corrected chi connectivity index (χ4v) is 3.18. The van der Waals surface area contributed by atoms with Crippen LogP contribution in [0.2, 0.25) is 0 Å². The van der Waals surface area contributed by atoms with E-state index in [1.54, 1.807) is 17.0 Å². The molecule has 0 aliphatic carbocycles. The van der Waals surface area contributed by atoms with Gasteiger partial charge in [0.05, 0.1) is 6.54 Å². The minimum absolute atomic E-state index is 0.118. The van der Waals surface area contributed by atoms with Gasteiger partial charge < -0.3 is 15.1 Å². The zero-order valence-electron chi connectivity index (χ0n) is 15.3. The Morgan fingerprint density at radius 1 is 1.04 bits per heavy atom. The molecule has 1 aliphatic rings. The van der Waals surface area contributed by atoms with Gasteiger partial charge in [-0.3, -0.25) is 5.10 Å². The molecule has 7 nitrogen and oxygen atoms in total. The molecule has 144 valence electrons. The zero-order chi connectivity index (χ0) is 19.3. The smallest absolute Gasteiger partial charge is 0.317 e. The summed E-state index contributed by atoms with van der Waals surface area (Å²) in [5.41, 5.74) is 1.89. The van der Waals surface area contributed by atoms with Crippen molar-refractivity contribution < 1.29 is 9.18 Å². The number of rotatable bonds is 4. The number of piperazine rings is 1. The van der Waals surface area contributed by atoms with E-state index in [4.69, 9.17) is 0 Å². The average Bonchev–Trinajstić information content (AvgIpc) is 3.22. The molecule has 28 heavy (non-hydrogen) atoms. The number of halogens is 1. The number of nitrogens with zero attached hydrogens (tertiary/aromatic N) is 4. The van der Waals surface area contributed by atoms with Crippen LogP contribution in [0, 0.1) is 5.82 Å². The van der Waals surface area contributed by atoms with E-state index < -0.39 is 0 Å². The summed E-state index contributed by atoms with van der Waals surface area (Å²) in [5, 5.41) is 9.80. The van der Waals surface area contributed by atoms with Gasteiger partial charge in [-0.25, -0.2) is 14.2 Å². The Morgan fingerprint density at radius 3 is 2.46 bits per heavy atom. The lowest BCUT2D eigenvalue weighted by Gasteiger charge is -2.36. The van der Waals surface area contributed by atoms with Crippen molar-refractivity contribution in [3.05, 3.63) is 66.2 Å². The Labute approximate surface area is 162 Å². The molecule has 0 radical (unpaired) electrons. The van der Waals surface area contributed by atoms with Crippen LogP contribution >= 0.6 is 0 Å². The first kappa shape index (κ1) is 18.0. The van der Waals surface area contributed by atoms with Crippen LogP contribution in [0.5, 0.6) is 0 Å². The molecular weight excluding hydrogens is 359 g/mol. The van der Waals surface area contributed by atoms with Crippen LogP contribution in [-0.4, -0.2) is 52.3 Å². The lowest BCUT2D eigenvalue weighted by Crippen LogP contribution is -2.51. The molecule has 4 rings (SSSR count). The number of carbonyl (C=O) groups excluding carboxylic acids is 1. The number of hydrogen-bond acceptors (Lipinski definition) is 4. The number of H-pyrrole nitrogens is 1. The number of carbonyl (C=O) groups is 1. The van der Waals surface area contributed by atoms with E-state index in [9.17, 15) is 9.18 Å². The molecule has 2 aromatic carbocycles. The summed E-state index contributed by atoms with van der Waals surface area (Å²) in [6, 6.07) is 16.0. The highest BCUT2D eigenvalue weighted by Crippen LogP contribution is 2.16. The molecule has 1 aromatic heterocycles. The fourth-order valence-electron chi connectivity index (χ4n) is 3.18. The number of hydrogen-bond donors (Lipinski definition) is 2. The number of aromatic amines is 1. The lowest BCUT2D eigenvalue weighted by atomic mass is 10.2. The second kappa shape index (κ2) is 8.08. The van der Waals surface area contributed by atoms with E-state index in [-0.39, 0.29) is 18.4 Å². The van der Waals surface area contributed by atoms with Crippen molar-refractivity contribution in [1.29, 1.82) is 0 Å². The fraction of sp³-hybridized carbons (Fsp3) is 0.250. The maximum atomic E-state index is 13.0. The van der Waals surface area contributed by atoms with E-state index in [1.165, 1.54) is 17.8 Å². The van der Waals surface area contributed by atoms with Gasteiger partial charge in [0.15, 0.2) is 5.82 Å². The summed E-state index contributed by atoms with van der Waals surface area (Å²) >= 11 is 0. The first-order valence-electron chi connectivity index (χ1n) is 9.19. The number of urea groups is 1. The summed E-state index contributed by atoms with van der Waals surface area (Å²) in [6.07, 6.45) is 0. The van der Waals surface area contributed by atoms with Gasteiger partial charge in [0.1, 0.15) is 11.6 Å². The average molecular weight is 380 g/mol. The topological polar surface area (TPSA) is 77.1 Å². The first-order chi connectivity index (χ1) is 13.7. The monoisotopic (exact) mass is 380 g/mol. The van der Waals surface area contributed by atoms with Gasteiger partial charge in [-0.2, -0.15) is 5.10 Å². The Kier molecular flexibility index (Phi) is 5.18. The standard InChI is InChI=1S/C20H21FN6O/c21-16-8-6-15(7-9-16)19-23-18(24-25-19)14-22-20(28)27-12-10-26(11-13-27)17-4-2-1-3-5-17/h1-9H,10-14H2,(H,22,28)(H,23,24,25). The molecule has 0 saturated carbocycles. The highest BCUT2D eigenvalue weighted by atomic mass is 19.1. The van der Waals surface area contributed by atoms with Crippen LogP contribution in [0.4, 0.5) is 14.9 Å². The van der Waals surface area contributed by atoms with E-state index >= 15 is 0 Å². The minimum atomic E-state index is -0.306. The molecule has 1 fully saturated rings. The SMILES string of the molecule is O=C(NCc1nc(-c2ccc(F)cc2)n[nH]1)N1CCN(c2ccccc2)CC1. The van der Waals surface area contributed by atoms with Crippen LogP contribution in [0.3, 0.4) is 0 Å². The third-order valence-corrected chi connectivity index (χ3v) is 4.73.